The molecule has 1 aliphatic rings. The van der Waals surface area contributed by atoms with E-state index < -0.39 is 11.9 Å². The molecule has 6 nitrogen and oxygen atoms in total. The highest BCUT2D eigenvalue weighted by Gasteiger charge is 2.31. The molecule has 0 aromatic heterocycles. The van der Waals surface area contributed by atoms with E-state index in [0.717, 1.165) is 0 Å². The first-order valence-corrected chi connectivity index (χ1v) is 7.40. The van der Waals surface area contributed by atoms with Crippen molar-refractivity contribution in [2.24, 2.45) is 11.3 Å². The van der Waals surface area contributed by atoms with Gasteiger partial charge >= 0.3 is 12.0 Å². The molecule has 6 heteroatoms. The fourth-order valence-electron chi connectivity index (χ4n) is 2.50. The van der Waals surface area contributed by atoms with Crippen LogP contribution in [0.2, 0.25) is 0 Å². The molecular formula is C15H28N2O4. The van der Waals surface area contributed by atoms with E-state index in [1.807, 2.05) is 34.6 Å². The fraction of sp³-hybridized carbons (Fsp3) is 0.867. The predicted octanol–water partition coefficient (Wildman–Crippen LogP) is 1.94. The summed E-state index contributed by atoms with van der Waals surface area (Å²) in [6.45, 7) is 11.6. The number of morpholine rings is 1. The number of carbonyl (C=O) groups excluding carboxylic acids is 1. The number of urea groups is 1. The van der Waals surface area contributed by atoms with E-state index in [1.165, 1.54) is 0 Å². The van der Waals surface area contributed by atoms with Gasteiger partial charge in [0.15, 0.2) is 0 Å². The van der Waals surface area contributed by atoms with Gasteiger partial charge in [0.25, 0.3) is 0 Å². The Morgan fingerprint density at radius 3 is 2.48 bits per heavy atom. The van der Waals surface area contributed by atoms with Crippen LogP contribution in [0.5, 0.6) is 0 Å². The zero-order chi connectivity index (χ0) is 16.3. The molecule has 1 saturated heterocycles. The van der Waals surface area contributed by atoms with E-state index in [9.17, 15) is 14.7 Å². The maximum absolute atomic E-state index is 12.1. The van der Waals surface area contributed by atoms with Gasteiger partial charge < -0.3 is 20.1 Å². The maximum Gasteiger partial charge on any atom is 0.317 e. The normalized spacial score (nSPS) is 20.0. The summed E-state index contributed by atoms with van der Waals surface area (Å²) in [5.41, 5.74) is -0.443. The van der Waals surface area contributed by atoms with Gasteiger partial charge in [-0.1, -0.05) is 20.8 Å². The van der Waals surface area contributed by atoms with Crippen LogP contribution >= 0.6 is 0 Å². The van der Waals surface area contributed by atoms with Gasteiger partial charge in [-0.15, -0.1) is 0 Å². The van der Waals surface area contributed by atoms with Crippen LogP contribution in [0.3, 0.4) is 0 Å². The van der Waals surface area contributed by atoms with Crippen LogP contribution < -0.4 is 5.32 Å². The van der Waals surface area contributed by atoms with Crippen LogP contribution in [-0.2, 0) is 9.53 Å². The third-order valence-electron chi connectivity index (χ3n) is 3.42. The lowest BCUT2D eigenvalue weighted by Gasteiger charge is -2.38. The van der Waals surface area contributed by atoms with Gasteiger partial charge in [-0.2, -0.15) is 0 Å². The molecule has 1 unspecified atom stereocenters. The Hall–Kier alpha value is -1.30. The minimum atomic E-state index is -0.868. The Labute approximate surface area is 126 Å². The van der Waals surface area contributed by atoms with Gasteiger partial charge in [-0.3, -0.25) is 4.79 Å². The van der Waals surface area contributed by atoms with Gasteiger partial charge in [0, 0.05) is 13.1 Å². The van der Waals surface area contributed by atoms with Crippen molar-refractivity contribution in [3.05, 3.63) is 0 Å². The Kier molecular flexibility index (Phi) is 5.61. The standard InChI is InChI=1S/C15H28N2O4/c1-14(2,3)8-11(12(18)19)9-16-13(20)17-6-7-21-15(4,5)10-17/h11H,6-10H2,1-5H3,(H,16,20)(H,18,19). The number of amides is 2. The lowest BCUT2D eigenvalue weighted by atomic mass is 9.84. The molecule has 0 bridgehead atoms. The zero-order valence-corrected chi connectivity index (χ0v) is 13.7. The van der Waals surface area contributed by atoms with E-state index in [4.69, 9.17) is 4.74 Å². The van der Waals surface area contributed by atoms with Crippen LogP contribution in [0.4, 0.5) is 4.79 Å². The maximum atomic E-state index is 12.1. The molecule has 0 aromatic rings. The van der Waals surface area contributed by atoms with Crippen LogP contribution in [-0.4, -0.2) is 53.8 Å². The van der Waals surface area contributed by atoms with Crippen molar-refractivity contribution >= 4 is 12.0 Å². The van der Waals surface area contributed by atoms with Crippen molar-refractivity contribution < 1.29 is 19.4 Å². The summed E-state index contributed by atoms with van der Waals surface area (Å²) in [6.07, 6.45) is 0.525. The molecule has 0 radical (unpaired) electrons. The number of carboxylic acids is 1. The molecule has 0 aliphatic carbocycles. The molecule has 122 valence electrons. The Morgan fingerprint density at radius 2 is 2.00 bits per heavy atom. The summed E-state index contributed by atoms with van der Waals surface area (Å²) in [7, 11) is 0. The summed E-state index contributed by atoms with van der Waals surface area (Å²) in [5.74, 6) is -1.43. The smallest absolute Gasteiger partial charge is 0.317 e. The quantitative estimate of drug-likeness (QED) is 0.831. The van der Waals surface area contributed by atoms with Gasteiger partial charge in [0.05, 0.1) is 24.7 Å². The van der Waals surface area contributed by atoms with Crippen molar-refractivity contribution in [2.45, 2.75) is 46.6 Å². The molecular weight excluding hydrogens is 272 g/mol. The number of rotatable bonds is 4. The minimum Gasteiger partial charge on any atom is -0.481 e. The van der Waals surface area contributed by atoms with Crippen LogP contribution in [0.25, 0.3) is 0 Å². The lowest BCUT2D eigenvalue weighted by molar-refractivity contribution is -0.142. The number of ether oxygens (including phenoxy) is 1. The first-order chi connectivity index (χ1) is 9.50. The topological polar surface area (TPSA) is 78.9 Å². The average Bonchev–Trinajstić information content (AvgIpc) is 2.31. The molecule has 1 rings (SSSR count). The zero-order valence-electron chi connectivity index (χ0n) is 13.7. The molecule has 2 N–H and O–H groups in total. The van der Waals surface area contributed by atoms with E-state index in [0.29, 0.717) is 26.1 Å². The SMILES string of the molecule is CC(C)(C)CC(CNC(=O)N1CCOC(C)(C)C1)C(=O)O. The Balaban J connectivity index is 2.52. The van der Waals surface area contributed by atoms with Crippen molar-refractivity contribution in [2.75, 3.05) is 26.2 Å². The third kappa shape index (κ3) is 6.33. The van der Waals surface area contributed by atoms with Crippen LogP contribution in [0.15, 0.2) is 0 Å². The molecule has 0 spiro atoms. The highest BCUT2D eigenvalue weighted by molar-refractivity contribution is 5.76. The molecule has 0 aromatic carbocycles. The first-order valence-electron chi connectivity index (χ1n) is 7.40. The summed E-state index contributed by atoms with van der Waals surface area (Å²) in [5, 5.41) is 12.0. The molecule has 0 saturated carbocycles. The summed E-state index contributed by atoms with van der Waals surface area (Å²) in [4.78, 5) is 25.1. The molecule has 1 fully saturated rings. The van der Waals surface area contributed by atoms with E-state index in [-0.39, 0.29) is 23.6 Å². The molecule has 21 heavy (non-hydrogen) atoms. The highest BCUT2D eigenvalue weighted by Crippen LogP contribution is 2.24. The number of hydrogen-bond donors (Lipinski definition) is 2. The van der Waals surface area contributed by atoms with E-state index in [2.05, 4.69) is 5.32 Å². The second-order valence-electron chi connectivity index (χ2n) is 7.52. The average molecular weight is 300 g/mol. The lowest BCUT2D eigenvalue weighted by Crippen LogP contribution is -2.54. The number of nitrogens with one attached hydrogen (secondary N) is 1. The summed E-state index contributed by atoms with van der Waals surface area (Å²) in [6, 6.07) is -0.216. The second kappa shape index (κ2) is 6.64. The number of nitrogens with zero attached hydrogens (tertiary/aromatic N) is 1. The highest BCUT2D eigenvalue weighted by atomic mass is 16.5. The number of hydrogen-bond acceptors (Lipinski definition) is 3. The van der Waals surface area contributed by atoms with Crippen molar-refractivity contribution in [3.63, 3.8) is 0 Å². The summed E-state index contributed by atoms with van der Waals surface area (Å²) >= 11 is 0. The van der Waals surface area contributed by atoms with Crippen molar-refractivity contribution in [1.82, 2.24) is 10.2 Å². The number of aliphatic carboxylic acids is 1. The van der Waals surface area contributed by atoms with Crippen molar-refractivity contribution in [1.29, 1.82) is 0 Å². The van der Waals surface area contributed by atoms with Crippen LogP contribution in [0, 0.1) is 11.3 Å². The molecule has 1 heterocycles. The van der Waals surface area contributed by atoms with Crippen molar-refractivity contribution in [3.8, 4) is 0 Å². The molecule has 1 atom stereocenters. The van der Waals surface area contributed by atoms with Gasteiger partial charge in [-0.25, -0.2) is 4.79 Å². The Morgan fingerprint density at radius 1 is 1.38 bits per heavy atom. The molecule has 2 amide bonds. The fourth-order valence-corrected chi connectivity index (χ4v) is 2.50. The monoisotopic (exact) mass is 300 g/mol. The molecule has 1 aliphatic heterocycles. The van der Waals surface area contributed by atoms with E-state index in [1.54, 1.807) is 4.90 Å². The number of carboxylic acid groups (broad SMARTS) is 1. The summed E-state index contributed by atoms with van der Waals surface area (Å²) < 4.78 is 5.56. The van der Waals surface area contributed by atoms with Gasteiger partial charge in [-0.05, 0) is 25.7 Å². The second-order valence-corrected chi connectivity index (χ2v) is 7.52. The van der Waals surface area contributed by atoms with Gasteiger partial charge in [0.1, 0.15) is 0 Å². The van der Waals surface area contributed by atoms with Crippen LogP contribution in [0.1, 0.15) is 41.0 Å². The Bertz CT molecular complexity index is 388. The first kappa shape index (κ1) is 17.8. The third-order valence-corrected chi connectivity index (χ3v) is 3.42. The largest absolute Gasteiger partial charge is 0.481 e. The number of carbonyl (C=O) groups is 2. The van der Waals surface area contributed by atoms with Gasteiger partial charge in [0.2, 0.25) is 0 Å². The van der Waals surface area contributed by atoms with E-state index >= 15 is 0 Å². The minimum absolute atomic E-state index is 0.0886. The predicted molar refractivity (Wildman–Crippen MR) is 80.2 cm³/mol.